The van der Waals surface area contributed by atoms with Crippen LogP contribution in [0.3, 0.4) is 0 Å². The molecule has 20 heavy (non-hydrogen) atoms. The van der Waals surface area contributed by atoms with E-state index in [0.717, 1.165) is 36.2 Å². The van der Waals surface area contributed by atoms with Crippen molar-refractivity contribution in [3.8, 4) is 0 Å². The van der Waals surface area contributed by atoms with E-state index in [1.807, 2.05) is 13.8 Å². The van der Waals surface area contributed by atoms with Crippen molar-refractivity contribution in [3.63, 3.8) is 0 Å². The molecule has 0 bridgehead atoms. The van der Waals surface area contributed by atoms with Gasteiger partial charge in [0.25, 0.3) is 0 Å². The number of Topliss-reactive ketones (excluding diaryl/α,β-unsaturated/α-hetero) is 1. The van der Waals surface area contributed by atoms with E-state index in [-0.39, 0.29) is 5.78 Å². The first-order chi connectivity index (χ1) is 9.38. The smallest absolute Gasteiger partial charge is 0.177 e. The average molecular weight is 274 g/mol. The van der Waals surface area contributed by atoms with Crippen LogP contribution in [0.5, 0.6) is 0 Å². The van der Waals surface area contributed by atoms with Crippen molar-refractivity contribution in [1.29, 1.82) is 0 Å². The Labute approximate surface area is 122 Å². The Balaban J connectivity index is 2.07. The summed E-state index contributed by atoms with van der Waals surface area (Å²) in [7, 11) is 4.23. The zero-order chi connectivity index (χ0) is 14.9. The van der Waals surface area contributed by atoms with E-state index < -0.39 is 0 Å². The van der Waals surface area contributed by atoms with Gasteiger partial charge in [-0.3, -0.25) is 9.69 Å². The van der Waals surface area contributed by atoms with Crippen LogP contribution in [0.2, 0.25) is 0 Å². The summed E-state index contributed by atoms with van der Waals surface area (Å²) in [6, 6.07) is 4.79. The van der Waals surface area contributed by atoms with E-state index in [2.05, 4.69) is 43.0 Å². The van der Waals surface area contributed by atoms with E-state index in [4.69, 9.17) is 0 Å². The van der Waals surface area contributed by atoms with E-state index in [1.54, 1.807) is 0 Å². The molecule has 0 N–H and O–H groups in total. The summed E-state index contributed by atoms with van der Waals surface area (Å²) in [4.78, 5) is 17.1. The number of aryl methyl sites for hydroxylation is 3. The molecular weight excluding hydrogens is 248 g/mol. The molecule has 1 unspecified atom stereocenters. The number of benzene rings is 1. The van der Waals surface area contributed by atoms with Crippen LogP contribution < -0.4 is 0 Å². The molecule has 1 heterocycles. The first-order valence-corrected chi connectivity index (χ1v) is 7.38. The molecule has 0 spiro atoms. The lowest BCUT2D eigenvalue weighted by Gasteiger charge is -2.20. The normalized spacial score (nSPS) is 19.8. The highest BCUT2D eigenvalue weighted by molar-refractivity contribution is 6.00. The second-order valence-corrected chi connectivity index (χ2v) is 6.34. The van der Waals surface area contributed by atoms with Gasteiger partial charge in [0, 0.05) is 24.7 Å². The van der Waals surface area contributed by atoms with Crippen LogP contribution in [-0.2, 0) is 0 Å². The number of rotatable bonds is 4. The SMILES string of the molecule is Cc1cc(C)c(C(=O)CN2CCC(N(C)C)C2)c(C)c1. The Bertz CT molecular complexity index is 485. The third-order valence-electron chi connectivity index (χ3n) is 4.30. The highest BCUT2D eigenvalue weighted by Crippen LogP contribution is 2.19. The third kappa shape index (κ3) is 3.28. The first-order valence-electron chi connectivity index (χ1n) is 7.38. The van der Waals surface area contributed by atoms with Crippen LogP contribution in [0.25, 0.3) is 0 Å². The summed E-state index contributed by atoms with van der Waals surface area (Å²) in [5.74, 6) is 0.263. The van der Waals surface area contributed by atoms with Crippen LogP contribution in [0.1, 0.15) is 33.5 Å². The molecule has 2 rings (SSSR count). The highest BCUT2D eigenvalue weighted by Gasteiger charge is 2.26. The molecule has 1 aromatic rings. The zero-order valence-electron chi connectivity index (χ0n) is 13.4. The van der Waals surface area contributed by atoms with Gasteiger partial charge in [-0.05, 0) is 52.4 Å². The van der Waals surface area contributed by atoms with Crippen molar-refractivity contribution in [1.82, 2.24) is 9.80 Å². The Morgan fingerprint density at radius 3 is 2.35 bits per heavy atom. The molecule has 1 aliphatic rings. The zero-order valence-corrected chi connectivity index (χ0v) is 13.4. The molecule has 0 aliphatic carbocycles. The lowest BCUT2D eigenvalue weighted by atomic mass is 9.96. The monoisotopic (exact) mass is 274 g/mol. The van der Waals surface area contributed by atoms with Gasteiger partial charge in [0.2, 0.25) is 0 Å². The summed E-state index contributed by atoms with van der Waals surface area (Å²) in [5, 5.41) is 0. The molecule has 0 radical (unpaired) electrons. The number of likely N-dealkylation sites (N-methyl/N-ethyl adjacent to an activating group) is 1. The topological polar surface area (TPSA) is 23.6 Å². The fourth-order valence-electron chi connectivity index (χ4n) is 3.28. The van der Waals surface area contributed by atoms with E-state index in [0.29, 0.717) is 12.6 Å². The quantitative estimate of drug-likeness (QED) is 0.788. The summed E-state index contributed by atoms with van der Waals surface area (Å²) < 4.78 is 0. The predicted octanol–water partition coefficient (Wildman–Crippen LogP) is 2.43. The van der Waals surface area contributed by atoms with Gasteiger partial charge in [-0.25, -0.2) is 0 Å². The van der Waals surface area contributed by atoms with Crippen molar-refractivity contribution in [3.05, 3.63) is 34.4 Å². The number of carbonyl (C=O) groups is 1. The third-order valence-corrected chi connectivity index (χ3v) is 4.30. The second-order valence-electron chi connectivity index (χ2n) is 6.34. The van der Waals surface area contributed by atoms with E-state index in [9.17, 15) is 4.79 Å². The van der Waals surface area contributed by atoms with Gasteiger partial charge in [0.1, 0.15) is 0 Å². The van der Waals surface area contributed by atoms with Gasteiger partial charge in [0.15, 0.2) is 5.78 Å². The molecule has 1 saturated heterocycles. The minimum Gasteiger partial charge on any atom is -0.305 e. The van der Waals surface area contributed by atoms with Gasteiger partial charge >= 0.3 is 0 Å². The highest BCUT2D eigenvalue weighted by atomic mass is 16.1. The Morgan fingerprint density at radius 2 is 1.85 bits per heavy atom. The Morgan fingerprint density at radius 1 is 1.25 bits per heavy atom. The van der Waals surface area contributed by atoms with Crippen molar-refractivity contribution < 1.29 is 4.79 Å². The number of hydrogen-bond donors (Lipinski definition) is 0. The number of ketones is 1. The minimum atomic E-state index is 0.263. The molecule has 1 fully saturated rings. The van der Waals surface area contributed by atoms with Crippen molar-refractivity contribution in [2.24, 2.45) is 0 Å². The largest absolute Gasteiger partial charge is 0.305 e. The standard InChI is InChI=1S/C17H26N2O/c1-12-8-13(2)17(14(3)9-12)16(20)11-19-7-6-15(10-19)18(4)5/h8-9,15H,6-7,10-11H2,1-5H3. The first kappa shape index (κ1) is 15.2. The maximum absolute atomic E-state index is 12.6. The van der Waals surface area contributed by atoms with Crippen LogP contribution in [-0.4, -0.2) is 55.4 Å². The second kappa shape index (κ2) is 6.06. The van der Waals surface area contributed by atoms with E-state index >= 15 is 0 Å². The summed E-state index contributed by atoms with van der Waals surface area (Å²) in [6.07, 6.45) is 1.16. The minimum absolute atomic E-state index is 0.263. The predicted molar refractivity (Wildman–Crippen MR) is 83.5 cm³/mol. The molecule has 0 amide bonds. The molecule has 1 aliphatic heterocycles. The fourth-order valence-corrected chi connectivity index (χ4v) is 3.28. The molecular formula is C17H26N2O. The summed E-state index contributed by atoms with van der Waals surface area (Å²) in [6.45, 7) is 8.74. The Kier molecular flexibility index (Phi) is 4.61. The average Bonchev–Trinajstić information content (AvgIpc) is 2.75. The number of nitrogens with zero attached hydrogens (tertiary/aromatic N) is 2. The van der Waals surface area contributed by atoms with Gasteiger partial charge in [0.05, 0.1) is 6.54 Å². The summed E-state index contributed by atoms with van der Waals surface area (Å²) in [5.41, 5.74) is 4.36. The number of carbonyl (C=O) groups excluding carboxylic acids is 1. The molecule has 110 valence electrons. The molecule has 0 saturated carbocycles. The van der Waals surface area contributed by atoms with Gasteiger partial charge in [-0.1, -0.05) is 17.7 Å². The molecule has 3 nitrogen and oxygen atoms in total. The maximum atomic E-state index is 12.6. The molecule has 3 heteroatoms. The van der Waals surface area contributed by atoms with Crippen LogP contribution >= 0.6 is 0 Å². The van der Waals surface area contributed by atoms with Crippen LogP contribution in [0.15, 0.2) is 12.1 Å². The van der Waals surface area contributed by atoms with Gasteiger partial charge < -0.3 is 4.90 Å². The fraction of sp³-hybridized carbons (Fsp3) is 0.588. The number of likely N-dealkylation sites (tertiary alicyclic amines) is 1. The van der Waals surface area contributed by atoms with Gasteiger partial charge in [-0.2, -0.15) is 0 Å². The van der Waals surface area contributed by atoms with Crippen molar-refractivity contribution >= 4 is 5.78 Å². The van der Waals surface area contributed by atoms with Crippen molar-refractivity contribution in [2.75, 3.05) is 33.7 Å². The lowest BCUT2D eigenvalue weighted by molar-refractivity contribution is 0.0940. The lowest BCUT2D eigenvalue weighted by Crippen LogP contribution is -2.34. The number of hydrogen-bond acceptors (Lipinski definition) is 3. The van der Waals surface area contributed by atoms with Crippen molar-refractivity contribution in [2.45, 2.75) is 33.2 Å². The van der Waals surface area contributed by atoms with Crippen LogP contribution in [0.4, 0.5) is 0 Å². The maximum Gasteiger partial charge on any atom is 0.177 e. The van der Waals surface area contributed by atoms with Crippen LogP contribution in [0, 0.1) is 20.8 Å². The Hall–Kier alpha value is -1.19. The molecule has 1 aromatic carbocycles. The summed E-state index contributed by atoms with van der Waals surface area (Å²) >= 11 is 0. The molecule has 0 aromatic heterocycles. The molecule has 1 atom stereocenters. The van der Waals surface area contributed by atoms with E-state index in [1.165, 1.54) is 5.56 Å². The van der Waals surface area contributed by atoms with Gasteiger partial charge in [-0.15, -0.1) is 0 Å².